The number of carboxylic acids is 1. The third kappa shape index (κ3) is 3.83. The summed E-state index contributed by atoms with van der Waals surface area (Å²) in [6.07, 6.45) is 2.57. The lowest BCUT2D eigenvalue weighted by Gasteiger charge is -2.20. The number of fused-ring (bicyclic) bond motifs is 1. The van der Waals surface area contributed by atoms with Crippen LogP contribution in [0.1, 0.15) is 25.8 Å². The highest BCUT2D eigenvalue weighted by Crippen LogP contribution is 2.24. The molecule has 0 aliphatic rings. The summed E-state index contributed by atoms with van der Waals surface area (Å²) in [6, 6.07) is 4.71. The molecule has 0 aliphatic heterocycles. The van der Waals surface area contributed by atoms with Crippen molar-refractivity contribution in [2.24, 2.45) is 5.92 Å². The van der Waals surface area contributed by atoms with E-state index >= 15 is 0 Å². The number of carbonyl (C=O) groups is 2. The third-order valence-corrected chi connectivity index (χ3v) is 4.12. The van der Waals surface area contributed by atoms with E-state index in [4.69, 9.17) is 4.74 Å². The second-order valence-corrected chi connectivity index (χ2v) is 5.67. The zero-order valence-electron chi connectivity index (χ0n) is 13.6. The van der Waals surface area contributed by atoms with Crippen LogP contribution in [0, 0.1) is 5.92 Å². The number of amides is 1. The van der Waals surface area contributed by atoms with Crippen molar-refractivity contribution in [1.82, 2.24) is 10.3 Å². The van der Waals surface area contributed by atoms with Crippen molar-refractivity contribution >= 4 is 22.8 Å². The fraction of sp³-hybridized carbons (Fsp3) is 0.412. The van der Waals surface area contributed by atoms with Gasteiger partial charge in [-0.2, -0.15) is 0 Å². The minimum Gasteiger partial charge on any atom is -0.497 e. The fourth-order valence-corrected chi connectivity index (χ4v) is 2.51. The van der Waals surface area contributed by atoms with Gasteiger partial charge >= 0.3 is 5.97 Å². The predicted molar refractivity (Wildman–Crippen MR) is 87.6 cm³/mol. The Balaban J connectivity index is 2.15. The van der Waals surface area contributed by atoms with Gasteiger partial charge in [0.1, 0.15) is 11.8 Å². The van der Waals surface area contributed by atoms with E-state index in [1.807, 2.05) is 32.0 Å². The normalized spacial score (nSPS) is 13.5. The molecule has 1 heterocycles. The maximum absolute atomic E-state index is 12.2. The number of rotatable bonds is 7. The van der Waals surface area contributed by atoms with E-state index < -0.39 is 12.0 Å². The minimum absolute atomic E-state index is 0.118. The number of hydrogen-bond acceptors (Lipinski definition) is 3. The monoisotopic (exact) mass is 318 g/mol. The van der Waals surface area contributed by atoms with Crippen LogP contribution in [0.5, 0.6) is 5.75 Å². The Morgan fingerprint density at radius 2 is 2.13 bits per heavy atom. The predicted octanol–water partition coefficient (Wildman–Crippen LogP) is 2.33. The van der Waals surface area contributed by atoms with Crippen LogP contribution in [0.2, 0.25) is 0 Å². The van der Waals surface area contributed by atoms with Gasteiger partial charge in [0, 0.05) is 17.1 Å². The second-order valence-electron chi connectivity index (χ2n) is 5.67. The van der Waals surface area contributed by atoms with Crippen molar-refractivity contribution in [1.29, 1.82) is 0 Å². The summed E-state index contributed by atoms with van der Waals surface area (Å²) in [5.74, 6) is -0.726. The van der Waals surface area contributed by atoms with Gasteiger partial charge in [0.05, 0.1) is 13.5 Å². The number of H-pyrrole nitrogens is 1. The van der Waals surface area contributed by atoms with Crippen LogP contribution < -0.4 is 10.1 Å². The van der Waals surface area contributed by atoms with Crippen molar-refractivity contribution in [3.8, 4) is 5.75 Å². The molecule has 1 aromatic heterocycles. The average Bonchev–Trinajstić information content (AvgIpc) is 2.93. The topological polar surface area (TPSA) is 91.4 Å². The molecule has 2 atom stereocenters. The highest BCUT2D eigenvalue weighted by atomic mass is 16.5. The van der Waals surface area contributed by atoms with E-state index in [1.54, 1.807) is 13.3 Å². The van der Waals surface area contributed by atoms with E-state index in [-0.39, 0.29) is 18.2 Å². The molecule has 1 aromatic carbocycles. The first-order valence-corrected chi connectivity index (χ1v) is 7.62. The Labute approximate surface area is 134 Å². The number of carboxylic acid groups (broad SMARTS) is 1. The molecule has 0 aliphatic carbocycles. The highest BCUT2D eigenvalue weighted by Gasteiger charge is 2.25. The van der Waals surface area contributed by atoms with Crippen LogP contribution in [-0.2, 0) is 16.0 Å². The van der Waals surface area contributed by atoms with Crippen LogP contribution in [0.4, 0.5) is 0 Å². The van der Waals surface area contributed by atoms with Gasteiger partial charge in [0.25, 0.3) is 0 Å². The van der Waals surface area contributed by atoms with Gasteiger partial charge in [-0.05, 0) is 29.7 Å². The van der Waals surface area contributed by atoms with Gasteiger partial charge in [0.2, 0.25) is 5.91 Å². The SMILES string of the molecule is CC[C@H](C)[C@H](NC(=O)Cc1c[nH]c2ccc(OC)cc12)C(=O)O. The summed E-state index contributed by atoms with van der Waals surface area (Å²) >= 11 is 0. The number of hydrogen-bond donors (Lipinski definition) is 3. The summed E-state index contributed by atoms with van der Waals surface area (Å²) < 4.78 is 5.20. The number of nitrogens with one attached hydrogen (secondary N) is 2. The smallest absolute Gasteiger partial charge is 0.326 e. The van der Waals surface area contributed by atoms with Crippen molar-refractivity contribution in [2.45, 2.75) is 32.7 Å². The lowest BCUT2D eigenvalue weighted by Crippen LogP contribution is -2.45. The van der Waals surface area contributed by atoms with Crippen molar-refractivity contribution in [2.75, 3.05) is 7.11 Å². The third-order valence-electron chi connectivity index (χ3n) is 4.12. The number of benzene rings is 1. The number of methoxy groups -OCH3 is 1. The van der Waals surface area contributed by atoms with Crippen molar-refractivity contribution < 1.29 is 19.4 Å². The molecule has 0 spiro atoms. The van der Waals surface area contributed by atoms with E-state index in [2.05, 4.69) is 10.3 Å². The number of aromatic amines is 1. The number of aromatic nitrogens is 1. The summed E-state index contributed by atoms with van der Waals surface area (Å²) in [6.45, 7) is 3.72. The molecular weight excluding hydrogens is 296 g/mol. The Bertz CT molecular complexity index is 708. The standard InChI is InChI=1S/C17H22N2O4/c1-4-10(2)16(17(21)22)19-15(20)7-11-9-18-14-6-5-12(23-3)8-13(11)14/h5-6,8-10,16,18H,4,7H2,1-3H3,(H,19,20)(H,21,22)/t10-,16-/m0/s1. The zero-order chi connectivity index (χ0) is 17.0. The highest BCUT2D eigenvalue weighted by molar-refractivity contribution is 5.91. The minimum atomic E-state index is -1.01. The van der Waals surface area contributed by atoms with Crippen molar-refractivity contribution in [3.05, 3.63) is 30.0 Å². The second kappa shape index (κ2) is 7.17. The lowest BCUT2D eigenvalue weighted by atomic mass is 9.99. The molecule has 0 fully saturated rings. The van der Waals surface area contributed by atoms with Crippen LogP contribution in [0.15, 0.2) is 24.4 Å². The van der Waals surface area contributed by atoms with Gasteiger partial charge in [0.15, 0.2) is 0 Å². The first kappa shape index (κ1) is 16.9. The maximum Gasteiger partial charge on any atom is 0.326 e. The summed E-state index contributed by atoms with van der Waals surface area (Å²) in [4.78, 5) is 26.6. The zero-order valence-corrected chi connectivity index (χ0v) is 13.6. The first-order valence-electron chi connectivity index (χ1n) is 7.62. The van der Waals surface area contributed by atoms with Gasteiger partial charge in [-0.15, -0.1) is 0 Å². The largest absolute Gasteiger partial charge is 0.497 e. The Morgan fingerprint density at radius 1 is 1.39 bits per heavy atom. The van der Waals surface area contributed by atoms with Crippen LogP contribution >= 0.6 is 0 Å². The number of aliphatic carboxylic acids is 1. The van der Waals surface area contributed by atoms with Crippen LogP contribution in [0.3, 0.4) is 0 Å². The molecule has 0 bridgehead atoms. The number of carbonyl (C=O) groups excluding carboxylic acids is 1. The summed E-state index contributed by atoms with van der Waals surface area (Å²) in [5, 5.41) is 12.8. The maximum atomic E-state index is 12.2. The van der Waals surface area contributed by atoms with E-state index in [0.717, 1.165) is 16.5 Å². The van der Waals surface area contributed by atoms with Crippen LogP contribution in [-0.4, -0.2) is 35.1 Å². The molecule has 2 aromatic rings. The summed E-state index contributed by atoms with van der Waals surface area (Å²) in [7, 11) is 1.59. The summed E-state index contributed by atoms with van der Waals surface area (Å²) in [5.41, 5.74) is 1.72. The van der Waals surface area contributed by atoms with Gasteiger partial charge in [-0.3, -0.25) is 4.79 Å². The Kier molecular flexibility index (Phi) is 5.26. The molecule has 124 valence electrons. The molecule has 1 amide bonds. The lowest BCUT2D eigenvalue weighted by molar-refractivity contribution is -0.143. The van der Waals surface area contributed by atoms with Crippen LogP contribution in [0.25, 0.3) is 10.9 Å². The molecule has 2 rings (SSSR count). The molecular formula is C17H22N2O4. The van der Waals surface area contributed by atoms with E-state index in [9.17, 15) is 14.7 Å². The molecule has 0 saturated carbocycles. The molecule has 6 nitrogen and oxygen atoms in total. The molecule has 6 heteroatoms. The molecule has 0 radical (unpaired) electrons. The molecule has 0 unspecified atom stereocenters. The van der Waals surface area contributed by atoms with E-state index in [0.29, 0.717) is 12.2 Å². The number of ether oxygens (including phenoxy) is 1. The molecule has 3 N–H and O–H groups in total. The van der Waals surface area contributed by atoms with E-state index in [1.165, 1.54) is 0 Å². The Morgan fingerprint density at radius 3 is 2.74 bits per heavy atom. The average molecular weight is 318 g/mol. The van der Waals surface area contributed by atoms with Gasteiger partial charge in [-0.1, -0.05) is 20.3 Å². The first-order chi connectivity index (χ1) is 11.0. The Hall–Kier alpha value is -2.50. The quantitative estimate of drug-likeness (QED) is 0.730. The van der Waals surface area contributed by atoms with Gasteiger partial charge in [-0.25, -0.2) is 4.79 Å². The van der Waals surface area contributed by atoms with Crippen molar-refractivity contribution in [3.63, 3.8) is 0 Å². The molecule has 23 heavy (non-hydrogen) atoms. The molecule has 0 saturated heterocycles. The fourth-order valence-electron chi connectivity index (χ4n) is 2.51. The van der Waals surface area contributed by atoms with Gasteiger partial charge < -0.3 is 20.1 Å².